The molecular weight excluding hydrogens is 805 g/mol. The standard InChI is InChI=1S/C61H54N4O/c1-60(2,47-24-11-6-12-25-47)49-35-36-52(41-50(40-49)61(3,4)48-26-13-7-14-27-48)63-44-64(58-33-18-17-32-57(58)63)54-38-46(45-22-9-5-10-23-45)39-56(43-54)66-55-31-21-30-53(42-55)65(51-28-15-8-16-29-51)59-34-19-20-37-62-59/h5-35,37-43H,36,44H2,1-4H3. The van der Waals surface area contributed by atoms with Gasteiger partial charge in [-0.2, -0.15) is 0 Å². The number of hydrogen-bond acceptors (Lipinski definition) is 5. The van der Waals surface area contributed by atoms with Crippen LogP contribution in [0.5, 0.6) is 11.5 Å². The third kappa shape index (κ3) is 8.44. The zero-order valence-corrected chi connectivity index (χ0v) is 38.1. The molecule has 2 heterocycles. The van der Waals surface area contributed by atoms with Crippen LogP contribution in [0.1, 0.15) is 45.2 Å². The Morgan fingerprint density at radius 3 is 1.74 bits per heavy atom. The predicted octanol–water partition coefficient (Wildman–Crippen LogP) is 16.0. The van der Waals surface area contributed by atoms with Crippen molar-refractivity contribution in [1.29, 1.82) is 0 Å². The number of para-hydroxylation sites is 3. The molecule has 2 aliphatic rings. The molecule has 8 aromatic rings. The van der Waals surface area contributed by atoms with Gasteiger partial charge >= 0.3 is 0 Å². The summed E-state index contributed by atoms with van der Waals surface area (Å²) in [5.41, 5.74) is 13.5. The Bertz CT molecular complexity index is 3010. The first-order chi connectivity index (χ1) is 32.2. The number of benzene rings is 7. The Morgan fingerprint density at radius 2 is 1.08 bits per heavy atom. The van der Waals surface area contributed by atoms with Crippen LogP contribution in [0.25, 0.3) is 11.1 Å². The maximum atomic E-state index is 6.91. The lowest BCUT2D eigenvalue weighted by Gasteiger charge is -2.31. The molecule has 1 aliphatic heterocycles. The molecule has 5 nitrogen and oxygen atoms in total. The van der Waals surface area contributed by atoms with Crippen LogP contribution in [0, 0.1) is 0 Å². The quantitative estimate of drug-likeness (QED) is 0.122. The highest BCUT2D eigenvalue weighted by atomic mass is 16.5. The molecule has 66 heavy (non-hydrogen) atoms. The summed E-state index contributed by atoms with van der Waals surface area (Å²) in [6, 6.07) is 72.4. The number of allylic oxidation sites excluding steroid dienone is 5. The second-order valence-corrected chi connectivity index (χ2v) is 18.1. The summed E-state index contributed by atoms with van der Waals surface area (Å²) in [6.07, 6.45) is 9.99. The first-order valence-electron chi connectivity index (χ1n) is 22.9. The van der Waals surface area contributed by atoms with E-state index < -0.39 is 0 Å². The molecule has 0 radical (unpaired) electrons. The molecule has 7 aromatic carbocycles. The van der Waals surface area contributed by atoms with E-state index in [-0.39, 0.29) is 10.8 Å². The Labute approximate surface area is 389 Å². The van der Waals surface area contributed by atoms with Crippen LogP contribution < -0.4 is 19.4 Å². The fourth-order valence-corrected chi connectivity index (χ4v) is 9.32. The summed E-state index contributed by atoms with van der Waals surface area (Å²) in [4.78, 5) is 11.8. The first-order valence-corrected chi connectivity index (χ1v) is 22.9. The zero-order chi connectivity index (χ0) is 45.1. The fourth-order valence-electron chi connectivity index (χ4n) is 9.32. The third-order valence-electron chi connectivity index (χ3n) is 13.2. The van der Waals surface area contributed by atoms with Gasteiger partial charge in [-0.15, -0.1) is 0 Å². The van der Waals surface area contributed by atoms with E-state index in [0.29, 0.717) is 6.67 Å². The summed E-state index contributed by atoms with van der Waals surface area (Å²) in [5.74, 6) is 2.31. The summed E-state index contributed by atoms with van der Waals surface area (Å²) < 4.78 is 6.91. The number of nitrogens with zero attached hydrogens (tertiary/aromatic N) is 4. The Morgan fingerprint density at radius 1 is 0.485 bits per heavy atom. The topological polar surface area (TPSA) is 31.8 Å². The van der Waals surface area contributed by atoms with Crippen molar-refractivity contribution >= 4 is 34.3 Å². The lowest BCUT2D eigenvalue weighted by atomic mass is 9.73. The molecule has 0 amide bonds. The van der Waals surface area contributed by atoms with E-state index in [9.17, 15) is 0 Å². The van der Waals surface area contributed by atoms with Crippen molar-refractivity contribution in [2.45, 2.75) is 44.9 Å². The minimum absolute atomic E-state index is 0.205. The molecule has 0 spiro atoms. The highest BCUT2D eigenvalue weighted by molar-refractivity contribution is 5.86. The van der Waals surface area contributed by atoms with Gasteiger partial charge in [0.1, 0.15) is 17.3 Å². The van der Waals surface area contributed by atoms with Gasteiger partial charge in [-0.25, -0.2) is 4.98 Å². The second-order valence-electron chi connectivity index (χ2n) is 18.1. The van der Waals surface area contributed by atoms with Crippen LogP contribution in [0.4, 0.5) is 34.3 Å². The van der Waals surface area contributed by atoms with Gasteiger partial charge in [0.15, 0.2) is 0 Å². The lowest BCUT2D eigenvalue weighted by molar-refractivity contribution is 0.483. The van der Waals surface area contributed by atoms with Crippen LogP contribution in [0.15, 0.2) is 248 Å². The molecule has 1 aliphatic carbocycles. The average Bonchev–Trinajstić information content (AvgIpc) is 3.59. The normalized spacial score (nSPS) is 13.8. The summed E-state index contributed by atoms with van der Waals surface area (Å²) in [6.45, 7) is 10.1. The van der Waals surface area contributed by atoms with E-state index in [1.807, 2.05) is 54.7 Å². The smallest absolute Gasteiger partial charge is 0.137 e. The van der Waals surface area contributed by atoms with Gasteiger partial charge in [-0.1, -0.05) is 173 Å². The monoisotopic (exact) mass is 858 g/mol. The van der Waals surface area contributed by atoms with E-state index in [1.165, 1.54) is 33.7 Å². The van der Waals surface area contributed by atoms with Crippen molar-refractivity contribution in [3.05, 3.63) is 259 Å². The number of ether oxygens (including phenoxy) is 1. The highest BCUT2D eigenvalue weighted by Gasteiger charge is 2.34. The molecule has 324 valence electrons. The van der Waals surface area contributed by atoms with Crippen molar-refractivity contribution in [2.75, 3.05) is 21.4 Å². The van der Waals surface area contributed by atoms with Crippen molar-refractivity contribution < 1.29 is 4.74 Å². The van der Waals surface area contributed by atoms with Crippen LogP contribution in [-0.4, -0.2) is 11.7 Å². The third-order valence-corrected chi connectivity index (χ3v) is 13.2. The van der Waals surface area contributed by atoms with Gasteiger partial charge in [0.2, 0.25) is 0 Å². The van der Waals surface area contributed by atoms with Crippen molar-refractivity contribution in [2.24, 2.45) is 0 Å². The van der Waals surface area contributed by atoms with E-state index in [0.717, 1.165) is 57.6 Å². The lowest BCUT2D eigenvalue weighted by Crippen LogP contribution is -2.28. The minimum Gasteiger partial charge on any atom is -0.457 e. The molecule has 0 saturated heterocycles. The summed E-state index contributed by atoms with van der Waals surface area (Å²) in [7, 11) is 0. The highest BCUT2D eigenvalue weighted by Crippen LogP contribution is 2.48. The van der Waals surface area contributed by atoms with Gasteiger partial charge in [-0.05, 0) is 100 Å². The van der Waals surface area contributed by atoms with Crippen LogP contribution in [0.2, 0.25) is 0 Å². The maximum absolute atomic E-state index is 6.91. The van der Waals surface area contributed by atoms with Gasteiger partial charge in [0.05, 0.1) is 23.7 Å². The van der Waals surface area contributed by atoms with E-state index in [2.05, 4.69) is 218 Å². The number of rotatable bonds is 12. The molecule has 0 bridgehead atoms. The maximum Gasteiger partial charge on any atom is 0.137 e. The number of anilines is 6. The van der Waals surface area contributed by atoms with Gasteiger partial charge < -0.3 is 14.5 Å². The van der Waals surface area contributed by atoms with E-state index in [1.54, 1.807) is 0 Å². The van der Waals surface area contributed by atoms with E-state index >= 15 is 0 Å². The number of fused-ring (bicyclic) bond motifs is 1. The molecule has 0 saturated carbocycles. The Kier molecular flexibility index (Phi) is 11.4. The van der Waals surface area contributed by atoms with Crippen molar-refractivity contribution in [3.63, 3.8) is 0 Å². The SMILES string of the molecule is CC(C)(C1=CCC(N2CN(c3cc(Oc4cccc(N(c5ccccc5)c5ccccn5)c4)cc(-c4ccccc4)c3)c3ccccc32)=CC(C(C)(C)c2ccccc2)=C1)c1ccccc1. The molecule has 0 unspecified atom stereocenters. The number of aromatic nitrogens is 1. The molecule has 0 fully saturated rings. The summed E-state index contributed by atoms with van der Waals surface area (Å²) >= 11 is 0. The molecule has 1 aromatic heterocycles. The van der Waals surface area contributed by atoms with Crippen LogP contribution in [0.3, 0.4) is 0 Å². The predicted molar refractivity (Wildman–Crippen MR) is 275 cm³/mol. The van der Waals surface area contributed by atoms with Gasteiger partial charge in [-0.3, -0.25) is 4.90 Å². The Hall–Kier alpha value is -7.89. The van der Waals surface area contributed by atoms with Gasteiger partial charge in [0, 0.05) is 52.7 Å². The van der Waals surface area contributed by atoms with E-state index in [4.69, 9.17) is 9.72 Å². The number of hydrogen-bond donors (Lipinski definition) is 0. The van der Waals surface area contributed by atoms with Crippen molar-refractivity contribution in [3.8, 4) is 22.6 Å². The largest absolute Gasteiger partial charge is 0.457 e. The zero-order valence-electron chi connectivity index (χ0n) is 38.1. The molecule has 5 heteroatoms. The second kappa shape index (κ2) is 17.9. The molecule has 0 N–H and O–H groups in total. The first kappa shape index (κ1) is 42.1. The van der Waals surface area contributed by atoms with Gasteiger partial charge in [0.25, 0.3) is 0 Å². The fraction of sp³-hybridized carbons (Fsp3) is 0.131. The average molecular weight is 859 g/mol. The Balaban J connectivity index is 1.04. The minimum atomic E-state index is -0.259. The van der Waals surface area contributed by atoms with Crippen LogP contribution in [-0.2, 0) is 10.8 Å². The molecule has 10 rings (SSSR count). The number of pyridine rings is 1. The van der Waals surface area contributed by atoms with Crippen LogP contribution >= 0.6 is 0 Å². The molecular formula is C61H54N4O. The summed E-state index contributed by atoms with van der Waals surface area (Å²) in [5, 5.41) is 0. The molecule has 0 atom stereocenters. The van der Waals surface area contributed by atoms with Crippen molar-refractivity contribution in [1.82, 2.24) is 4.98 Å².